The van der Waals surface area contributed by atoms with Crippen LogP contribution < -0.4 is 11.1 Å². The summed E-state index contributed by atoms with van der Waals surface area (Å²) in [7, 11) is -1.03. The van der Waals surface area contributed by atoms with Gasteiger partial charge in [0.25, 0.3) is 0 Å². The molecule has 7 nitrogen and oxygen atoms in total. The Bertz CT molecular complexity index is 1340. The summed E-state index contributed by atoms with van der Waals surface area (Å²) in [4.78, 5) is 24.1. The smallest absolute Gasteiger partial charge is 0.305 e. The maximum Gasteiger partial charge on any atom is 0.316 e. The van der Waals surface area contributed by atoms with Gasteiger partial charge in [-0.25, -0.2) is 12.8 Å². The summed E-state index contributed by atoms with van der Waals surface area (Å²) in [6.07, 6.45) is 1.15. The number of nitrogens with zero attached hydrogens (tertiary/aromatic N) is 3. The van der Waals surface area contributed by atoms with Gasteiger partial charge in [0, 0.05) is 26.2 Å². The van der Waals surface area contributed by atoms with Crippen molar-refractivity contribution in [3.05, 3.63) is 74.6 Å². The standard InChI is InChI=1S/C20H20FN3O4S/c1-22-17-10-9-13(12-18(17)23(2)20(26)19(22)25)29(27,28)24-11-5-8-16(24)14-6-3-4-7-15(14)21/h3-4,6-7,9-10,12,16H,5,8,11H2,1-2H3/t16-/m0/s1. The fraction of sp³-hybridized carbons (Fsp3) is 0.300. The lowest BCUT2D eigenvalue weighted by Crippen LogP contribution is -2.39. The summed E-state index contributed by atoms with van der Waals surface area (Å²) >= 11 is 0. The highest BCUT2D eigenvalue weighted by Crippen LogP contribution is 2.37. The molecule has 0 saturated carbocycles. The normalized spacial score (nSPS) is 17.8. The number of aryl methyl sites for hydroxylation is 2. The van der Waals surface area contributed by atoms with Crippen molar-refractivity contribution >= 4 is 21.1 Å². The second kappa shape index (κ2) is 6.93. The van der Waals surface area contributed by atoms with E-state index in [0.717, 1.165) is 4.57 Å². The van der Waals surface area contributed by atoms with E-state index in [1.807, 2.05) is 0 Å². The molecule has 0 spiro atoms. The van der Waals surface area contributed by atoms with E-state index in [0.29, 0.717) is 29.4 Å². The van der Waals surface area contributed by atoms with Crippen molar-refractivity contribution in [2.45, 2.75) is 23.8 Å². The Labute approximate surface area is 166 Å². The molecule has 1 aliphatic heterocycles. The fourth-order valence-corrected chi connectivity index (χ4v) is 5.64. The van der Waals surface area contributed by atoms with E-state index < -0.39 is 33.0 Å². The molecular formula is C20H20FN3O4S. The summed E-state index contributed by atoms with van der Waals surface area (Å²) in [6, 6.07) is 9.92. The van der Waals surface area contributed by atoms with E-state index in [1.54, 1.807) is 18.2 Å². The topological polar surface area (TPSA) is 81.4 Å². The number of sulfonamides is 1. The van der Waals surface area contributed by atoms with Crippen LogP contribution in [0.4, 0.5) is 4.39 Å². The van der Waals surface area contributed by atoms with Crippen LogP contribution in [-0.2, 0) is 24.1 Å². The van der Waals surface area contributed by atoms with Gasteiger partial charge < -0.3 is 9.13 Å². The summed E-state index contributed by atoms with van der Waals surface area (Å²) < 4.78 is 44.7. The third kappa shape index (κ3) is 3.01. The zero-order valence-corrected chi connectivity index (χ0v) is 16.8. The van der Waals surface area contributed by atoms with E-state index in [9.17, 15) is 22.4 Å². The lowest BCUT2D eigenvalue weighted by Gasteiger charge is -2.25. The molecule has 2 aromatic carbocycles. The molecule has 9 heteroatoms. The molecule has 2 heterocycles. The van der Waals surface area contributed by atoms with Crippen LogP contribution in [0.3, 0.4) is 0 Å². The number of benzene rings is 2. The van der Waals surface area contributed by atoms with Crippen molar-refractivity contribution in [3.63, 3.8) is 0 Å². The molecule has 0 unspecified atom stereocenters. The Balaban J connectivity index is 1.85. The summed E-state index contributed by atoms with van der Waals surface area (Å²) in [5.74, 6) is -0.435. The van der Waals surface area contributed by atoms with Crippen LogP contribution in [0.5, 0.6) is 0 Å². The minimum Gasteiger partial charge on any atom is -0.305 e. The first-order chi connectivity index (χ1) is 13.7. The monoisotopic (exact) mass is 417 g/mol. The zero-order chi connectivity index (χ0) is 20.9. The number of fused-ring (bicyclic) bond motifs is 1. The molecule has 1 saturated heterocycles. The van der Waals surface area contributed by atoms with Gasteiger partial charge in [-0.3, -0.25) is 9.59 Å². The Morgan fingerprint density at radius 2 is 1.62 bits per heavy atom. The first-order valence-corrected chi connectivity index (χ1v) is 10.6. The third-order valence-electron chi connectivity index (χ3n) is 5.54. The van der Waals surface area contributed by atoms with Gasteiger partial charge in [-0.1, -0.05) is 18.2 Å². The van der Waals surface area contributed by atoms with Crippen molar-refractivity contribution in [3.8, 4) is 0 Å². The van der Waals surface area contributed by atoms with Gasteiger partial charge in [0.15, 0.2) is 0 Å². The first kappa shape index (κ1) is 19.5. The summed E-state index contributed by atoms with van der Waals surface area (Å²) in [5, 5.41) is 0. The Kier molecular flexibility index (Phi) is 4.66. The van der Waals surface area contributed by atoms with Crippen LogP contribution >= 0.6 is 0 Å². The van der Waals surface area contributed by atoms with Gasteiger partial charge in [-0.2, -0.15) is 4.31 Å². The van der Waals surface area contributed by atoms with Crippen LogP contribution in [0.1, 0.15) is 24.4 Å². The summed E-state index contributed by atoms with van der Waals surface area (Å²) in [6.45, 7) is 0.283. The predicted molar refractivity (Wildman–Crippen MR) is 107 cm³/mol. The second-order valence-corrected chi connectivity index (χ2v) is 9.06. The van der Waals surface area contributed by atoms with Gasteiger partial charge in [-0.15, -0.1) is 0 Å². The van der Waals surface area contributed by atoms with Crippen LogP contribution in [-0.4, -0.2) is 28.4 Å². The Morgan fingerprint density at radius 1 is 0.966 bits per heavy atom. The SMILES string of the molecule is Cn1c(=O)c(=O)n(C)c2cc(S(=O)(=O)N3CCC[C@H]3c3ccccc3F)ccc21. The molecule has 29 heavy (non-hydrogen) atoms. The maximum atomic E-state index is 14.3. The highest BCUT2D eigenvalue weighted by molar-refractivity contribution is 7.89. The second-order valence-electron chi connectivity index (χ2n) is 7.17. The van der Waals surface area contributed by atoms with Gasteiger partial charge in [0.2, 0.25) is 10.0 Å². The zero-order valence-electron chi connectivity index (χ0n) is 16.0. The van der Waals surface area contributed by atoms with Crippen LogP contribution in [0.2, 0.25) is 0 Å². The molecular weight excluding hydrogens is 397 g/mol. The molecule has 3 aromatic rings. The van der Waals surface area contributed by atoms with E-state index in [2.05, 4.69) is 0 Å². The molecule has 1 aromatic heterocycles. The highest BCUT2D eigenvalue weighted by Gasteiger charge is 2.37. The average molecular weight is 417 g/mol. The number of halogens is 1. The van der Waals surface area contributed by atoms with E-state index in [4.69, 9.17) is 0 Å². The quantitative estimate of drug-likeness (QED) is 0.610. The van der Waals surface area contributed by atoms with Crippen LogP contribution in [0, 0.1) is 5.82 Å². The van der Waals surface area contributed by atoms with Gasteiger partial charge in [0.1, 0.15) is 5.82 Å². The summed E-state index contributed by atoms with van der Waals surface area (Å²) in [5.41, 5.74) is -0.290. The molecule has 0 N–H and O–H groups in total. The Morgan fingerprint density at radius 3 is 2.31 bits per heavy atom. The predicted octanol–water partition coefficient (Wildman–Crippen LogP) is 1.90. The van der Waals surface area contributed by atoms with Crippen molar-refractivity contribution < 1.29 is 12.8 Å². The molecule has 0 bridgehead atoms. The third-order valence-corrected chi connectivity index (χ3v) is 7.44. The van der Waals surface area contributed by atoms with E-state index in [-0.39, 0.29) is 11.4 Å². The number of hydrogen-bond acceptors (Lipinski definition) is 4. The molecule has 0 aliphatic carbocycles. The fourth-order valence-electron chi connectivity index (χ4n) is 3.94. The van der Waals surface area contributed by atoms with Crippen molar-refractivity contribution in [1.29, 1.82) is 0 Å². The van der Waals surface area contributed by atoms with Crippen LogP contribution in [0.25, 0.3) is 11.0 Å². The van der Waals surface area contributed by atoms with Crippen molar-refractivity contribution in [2.24, 2.45) is 14.1 Å². The van der Waals surface area contributed by atoms with Crippen LogP contribution in [0.15, 0.2) is 56.9 Å². The van der Waals surface area contributed by atoms with Crippen molar-refractivity contribution in [1.82, 2.24) is 13.4 Å². The minimum absolute atomic E-state index is 0.00175. The first-order valence-electron chi connectivity index (χ1n) is 9.19. The van der Waals surface area contributed by atoms with Gasteiger partial charge >= 0.3 is 11.1 Å². The molecule has 1 atom stereocenters. The van der Waals surface area contributed by atoms with E-state index >= 15 is 0 Å². The molecule has 152 valence electrons. The Hall–Kier alpha value is -2.78. The lowest BCUT2D eigenvalue weighted by atomic mass is 10.1. The highest BCUT2D eigenvalue weighted by atomic mass is 32.2. The van der Waals surface area contributed by atoms with Crippen molar-refractivity contribution in [2.75, 3.05) is 6.54 Å². The molecule has 1 fully saturated rings. The number of aromatic nitrogens is 2. The maximum absolute atomic E-state index is 14.3. The average Bonchev–Trinajstić information content (AvgIpc) is 3.21. The van der Waals surface area contributed by atoms with Gasteiger partial charge in [-0.05, 0) is 37.1 Å². The molecule has 0 amide bonds. The molecule has 1 aliphatic rings. The van der Waals surface area contributed by atoms with E-state index in [1.165, 1.54) is 47.2 Å². The lowest BCUT2D eigenvalue weighted by molar-refractivity contribution is 0.386. The van der Waals surface area contributed by atoms with Gasteiger partial charge in [0.05, 0.1) is 22.0 Å². The molecule has 4 rings (SSSR count). The number of rotatable bonds is 3. The largest absolute Gasteiger partial charge is 0.316 e. The minimum atomic E-state index is -3.93. The number of hydrogen-bond donors (Lipinski definition) is 0. The molecule has 0 radical (unpaired) electrons.